The third kappa shape index (κ3) is 5.58. The molecule has 144 valence electrons. The molecular weight excluding hydrogens is 378 g/mol. The van der Waals surface area contributed by atoms with E-state index in [-0.39, 0.29) is 24.4 Å². The summed E-state index contributed by atoms with van der Waals surface area (Å²) in [5.41, 5.74) is 0.587. The van der Waals surface area contributed by atoms with Crippen molar-refractivity contribution in [2.24, 2.45) is 0 Å². The van der Waals surface area contributed by atoms with Gasteiger partial charge in [-0.3, -0.25) is 13.9 Å². The van der Waals surface area contributed by atoms with Gasteiger partial charge in [0, 0.05) is 30.3 Å². The molecule has 0 saturated heterocycles. The highest BCUT2D eigenvalue weighted by Crippen LogP contribution is 2.23. The molecule has 0 spiro atoms. The summed E-state index contributed by atoms with van der Waals surface area (Å²) < 4.78 is 51.6. The molecule has 1 amide bonds. The van der Waals surface area contributed by atoms with E-state index in [4.69, 9.17) is 0 Å². The van der Waals surface area contributed by atoms with Crippen molar-refractivity contribution in [3.05, 3.63) is 59.7 Å². The summed E-state index contributed by atoms with van der Waals surface area (Å²) in [7, 11) is -3.88. The molecule has 2 aromatic carbocycles. The van der Waals surface area contributed by atoms with Gasteiger partial charge in [-0.2, -0.15) is 0 Å². The molecule has 6 nitrogen and oxygen atoms in total. The summed E-state index contributed by atoms with van der Waals surface area (Å²) in [5, 5.41) is 2.56. The average molecular weight is 396 g/mol. The van der Waals surface area contributed by atoms with Crippen molar-refractivity contribution in [1.29, 1.82) is 0 Å². The van der Waals surface area contributed by atoms with E-state index in [0.717, 1.165) is 18.4 Å². The molecule has 0 unspecified atom stereocenters. The summed E-state index contributed by atoms with van der Waals surface area (Å²) >= 11 is 0. The van der Waals surface area contributed by atoms with Crippen LogP contribution in [-0.2, 0) is 14.8 Å². The SMILES string of the molecule is CC(=O)c1ccc(NC(=O)CCN(c2ccc(F)cc2F)S(C)(=O)=O)cc1. The van der Waals surface area contributed by atoms with Crippen LogP contribution in [0.4, 0.5) is 20.2 Å². The predicted octanol–water partition coefficient (Wildman–Crippen LogP) is 2.96. The van der Waals surface area contributed by atoms with Crippen LogP contribution in [-0.4, -0.2) is 32.9 Å². The fraction of sp³-hybridized carbons (Fsp3) is 0.222. The molecule has 0 atom stereocenters. The van der Waals surface area contributed by atoms with Crippen molar-refractivity contribution >= 4 is 33.1 Å². The number of nitrogens with one attached hydrogen (secondary N) is 1. The number of carbonyl (C=O) groups excluding carboxylic acids is 2. The topological polar surface area (TPSA) is 83.6 Å². The molecule has 27 heavy (non-hydrogen) atoms. The molecule has 1 N–H and O–H groups in total. The van der Waals surface area contributed by atoms with E-state index in [2.05, 4.69) is 5.32 Å². The Labute approximate surface area is 155 Å². The number of rotatable bonds is 7. The van der Waals surface area contributed by atoms with Gasteiger partial charge in [0.25, 0.3) is 0 Å². The third-order valence-corrected chi connectivity index (χ3v) is 4.88. The molecule has 0 aliphatic carbocycles. The normalized spacial score (nSPS) is 11.1. The first-order valence-electron chi connectivity index (χ1n) is 7.91. The average Bonchev–Trinajstić information content (AvgIpc) is 2.56. The van der Waals surface area contributed by atoms with Gasteiger partial charge in [0.05, 0.1) is 11.9 Å². The Morgan fingerprint density at radius 1 is 1.07 bits per heavy atom. The number of hydrogen-bond acceptors (Lipinski definition) is 4. The molecule has 0 aliphatic heterocycles. The highest BCUT2D eigenvalue weighted by Gasteiger charge is 2.22. The first-order valence-corrected chi connectivity index (χ1v) is 9.76. The van der Waals surface area contributed by atoms with Gasteiger partial charge in [-0.1, -0.05) is 0 Å². The van der Waals surface area contributed by atoms with E-state index in [9.17, 15) is 26.8 Å². The van der Waals surface area contributed by atoms with Crippen LogP contribution in [0.1, 0.15) is 23.7 Å². The Kier molecular flexibility index (Phi) is 6.27. The van der Waals surface area contributed by atoms with Gasteiger partial charge >= 0.3 is 0 Å². The highest BCUT2D eigenvalue weighted by molar-refractivity contribution is 7.92. The third-order valence-electron chi connectivity index (χ3n) is 3.70. The molecule has 0 aliphatic rings. The fourth-order valence-corrected chi connectivity index (χ4v) is 3.29. The number of benzene rings is 2. The number of amides is 1. The van der Waals surface area contributed by atoms with Gasteiger partial charge in [-0.05, 0) is 43.3 Å². The summed E-state index contributed by atoms with van der Waals surface area (Å²) in [5.74, 6) is -2.49. The molecule has 0 aromatic heterocycles. The molecule has 0 heterocycles. The van der Waals surface area contributed by atoms with Crippen molar-refractivity contribution in [2.45, 2.75) is 13.3 Å². The van der Waals surface area contributed by atoms with Crippen molar-refractivity contribution in [3.63, 3.8) is 0 Å². The maximum atomic E-state index is 13.9. The van der Waals surface area contributed by atoms with E-state index < -0.39 is 27.6 Å². The fourth-order valence-electron chi connectivity index (χ4n) is 2.36. The zero-order chi connectivity index (χ0) is 20.2. The second-order valence-electron chi connectivity index (χ2n) is 5.86. The highest BCUT2D eigenvalue weighted by atomic mass is 32.2. The van der Waals surface area contributed by atoms with Crippen molar-refractivity contribution in [2.75, 3.05) is 22.4 Å². The maximum absolute atomic E-state index is 13.9. The first kappa shape index (κ1) is 20.5. The van der Waals surface area contributed by atoms with Gasteiger partial charge in [0.2, 0.25) is 15.9 Å². The summed E-state index contributed by atoms with van der Waals surface area (Å²) in [6.45, 7) is 1.10. The minimum Gasteiger partial charge on any atom is -0.326 e. The van der Waals surface area contributed by atoms with Crippen LogP contribution in [0.3, 0.4) is 0 Å². The number of anilines is 2. The van der Waals surface area contributed by atoms with Crippen molar-refractivity contribution < 1.29 is 26.8 Å². The van der Waals surface area contributed by atoms with Crippen LogP contribution >= 0.6 is 0 Å². The van der Waals surface area contributed by atoms with Crippen LogP contribution in [0.25, 0.3) is 0 Å². The number of ketones is 1. The zero-order valence-corrected chi connectivity index (χ0v) is 15.5. The van der Waals surface area contributed by atoms with Gasteiger partial charge in [-0.25, -0.2) is 17.2 Å². The number of sulfonamides is 1. The lowest BCUT2D eigenvalue weighted by Crippen LogP contribution is -2.33. The number of nitrogens with zero attached hydrogens (tertiary/aromatic N) is 1. The summed E-state index contributed by atoms with van der Waals surface area (Å²) in [6.07, 6.45) is 0.618. The van der Waals surface area contributed by atoms with E-state index in [1.807, 2.05) is 0 Å². The zero-order valence-electron chi connectivity index (χ0n) is 14.7. The van der Waals surface area contributed by atoms with E-state index in [1.54, 1.807) is 24.3 Å². The number of carbonyl (C=O) groups is 2. The molecule has 0 bridgehead atoms. The minimum absolute atomic E-state index is 0.113. The Hall–Kier alpha value is -2.81. The van der Waals surface area contributed by atoms with Gasteiger partial charge < -0.3 is 5.32 Å². The lowest BCUT2D eigenvalue weighted by atomic mass is 10.1. The first-order chi connectivity index (χ1) is 12.6. The van der Waals surface area contributed by atoms with Crippen LogP contribution in [0.5, 0.6) is 0 Å². The van der Waals surface area contributed by atoms with E-state index in [1.165, 1.54) is 6.92 Å². The minimum atomic E-state index is -3.88. The number of Topliss-reactive ketones (excluding diaryl/α,β-unsaturated/α-hetero) is 1. The molecule has 0 radical (unpaired) electrons. The van der Waals surface area contributed by atoms with Gasteiger partial charge in [0.15, 0.2) is 5.78 Å². The molecule has 0 saturated carbocycles. The van der Waals surface area contributed by atoms with E-state index in [0.29, 0.717) is 21.6 Å². The van der Waals surface area contributed by atoms with Crippen LogP contribution in [0.2, 0.25) is 0 Å². The lowest BCUT2D eigenvalue weighted by molar-refractivity contribution is -0.116. The summed E-state index contributed by atoms with van der Waals surface area (Å²) in [6, 6.07) is 8.70. The second kappa shape index (κ2) is 8.26. The van der Waals surface area contributed by atoms with Crippen LogP contribution in [0, 0.1) is 11.6 Å². The number of halogens is 2. The maximum Gasteiger partial charge on any atom is 0.232 e. The Balaban J connectivity index is 2.08. The Bertz CT molecular complexity index is 960. The molecule has 0 fully saturated rings. The van der Waals surface area contributed by atoms with Crippen LogP contribution in [0.15, 0.2) is 42.5 Å². The van der Waals surface area contributed by atoms with Crippen LogP contribution < -0.4 is 9.62 Å². The molecular formula is C18H18F2N2O4S. The predicted molar refractivity (Wildman–Crippen MR) is 98.2 cm³/mol. The number of hydrogen-bond donors (Lipinski definition) is 1. The summed E-state index contributed by atoms with van der Waals surface area (Å²) in [4.78, 5) is 23.3. The molecule has 2 rings (SSSR count). The van der Waals surface area contributed by atoms with Crippen molar-refractivity contribution in [1.82, 2.24) is 0 Å². The molecule has 9 heteroatoms. The Morgan fingerprint density at radius 3 is 2.22 bits per heavy atom. The van der Waals surface area contributed by atoms with E-state index >= 15 is 0 Å². The quantitative estimate of drug-likeness (QED) is 0.730. The standard InChI is InChI=1S/C18H18F2N2O4S/c1-12(23)13-3-6-15(7-4-13)21-18(24)9-10-22(27(2,25)26)17-8-5-14(19)11-16(17)20/h3-8,11H,9-10H2,1-2H3,(H,21,24). The molecule has 2 aromatic rings. The second-order valence-corrected chi connectivity index (χ2v) is 7.77. The monoisotopic (exact) mass is 396 g/mol. The smallest absolute Gasteiger partial charge is 0.232 e. The van der Waals surface area contributed by atoms with Gasteiger partial charge in [-0.15, -0.1) is 0 Å². The van der Waals surface area contributed by atoms with Gasteiger partial charge in [0.1, 0.15) is 11.6 Å². The van der Waals surface area contributed by atoms with Crippen molar-refractivity contribution in [3.8, 4) is 0 Å². The largest absolute Gasteiger partial charge is 0.326 e. The lowest BCUT2D eigenvalue weighted by Gasteiger charge is -2.22. The Morgan fingerprint density at radius 2 is 1.70 bits per heavy atom.